The summed E-state index contributed by atoms with van der Waals surface area (Å²) in [5, 5.41) is 4.98. The second-order valence-electron chi connectivity index (χ2n) is 4.18. The molecule has 1 saturated carbocycles. The maximum Gasteiger partial charge on any atom is 0.262 e. The summed E-state index contributed by atoms with van der Waals surface area (Å²) in [4.78, 5) is 12.7. The molecule has 2 rings (SSSR count). The second-order valence-corrected chi connectivity index (χ2v) is 5.95. The molecule has 96 valence electrons. The molecule has 1 heterocycles. The fraction of sp³-hybridized carbons (Fsp3) is 0.545. The van der Waals surface area contributed by atoms with E-state index in [1.54, 1.807) is 0 Å². The van der Waals surface area contributed by atoms with Crippen LogP contribution in [0.1, 0.15) is 35.4 Å². The van der Waals surface area contributed by atoms with E-state index in [4.69, 9.17) is 5.73 Å². The smallest absolute Gasteiger partial charge is 0.262 e. The molecule has 1 fully saturated rings. The Kier molecular flexibility index (Phi) is 5.92. The number of rotatable bonds is 2. The molecule has 1 aromatic heterocycles. The monoisotopic (exact) mass is 338 g/mol. The standard InChI is InChI=1S/C11H15BrN2OS.ClH/c12-9-5-6-16-10(9)11(15)14-8-3-1-7(13)2-4-8;/h5-8H,1-4,13H2,(H,14,15);1H. The minimum Gasteiger partial charge on any atom is -0.349 e. The van der Waals surface area contributed by atoms with E-state index in [-0.39, 0.29) is 18.3 Å². The molecule has 17 heavy (non-hydrogen) atoms. The molecule has 1 aromatic rings. The molecule has 1 aliphatic carbocycles. The molecule has 0 spiro atoms. The van der Waals surface area contributed by atoms with Crippen LogP contribution in [-0.4, -0.2) is 18.0 Å². The highest BCUT2D eigenvalue weighted by molar-refractivity contribution is 9.10. The van der Waals surface area contributed by atoms with E-state index in [0.29, 0.717) is 12.1 Å². The van der Waals surface area contributed by atoms with Crippen molar-refractivity contribution in [3.8, 4) is 0 Å². The van der Waals surface area contributed by atoms with E-state index < -0.39 is 0 Å². The van der Waals surface area contributed by atoms with Gasteiger partial charge in [0.25, 0.3) is 5.91 Å². The first-order chi connectivity index (χ1) is 7.66. The molecule has 0 unspecified atom stereocenters. The normalized spacial score (nSPS) is 23.9. The predicted molar refractivity (Wildman–Crippen MR) is 77.0 cm³/mol. The number of carbonyl (C=O) groups excluding carboxylic acids is 1. The quantitative estimate of drug-likeness (QED) is 0.870. The summed E-state index contributed by atoms with van der Waals surface area (Å²) in [6.07, 6.45) is 4.01. The number of nitrogens with one attached hydrogen (secondary N) is 1. The fourth-order valence-electron chi connectivity index (χ4n) is 1.97. The topological polar surface area (TPSA) is 55.1 Å². The number of hydrogen-bond donors (Lipinski definition) is 2. The van der Waals surface area contributed by atoms with Crippen molar-refractivity contribution >= 4 is 45.6 Å². The van der Waals surface area contributed by atoms with Crippen LogP contribution < -0.4 is 11.1 Å². The van der Waals surface area contributed by atoms with Gasteiger partial charge in [0.05, 0.1) is 0 Å². The number of hydrogen-bond acceptors (Lipinski definition) is 3. The molecule has 6 heteroatoms. The molecule has 0 saturated heterocycles. The number of amides is 1. The summed E-state index contributed by atoms with van der Waals surface area (Å²) >= 11 is 4.83. The van der Waals surface area contributed by atoms with Crippen molar-refractivity contribution in [3.63, 3.8) is 0 Å². The lowest BCUT2D eigenvalue weighted by atomic mass is 9.92. The van der Waals surface area contributed by atoms with Crippen molar-refractivity contribution < 1.29 is 4.79 Å². The average Bonchev–Trinajstić information content (AvgIpc) is 2.68. The van der Waals surface area contributed by atoms with E-state index in [9.17, 15) is 4.79 Å². The van der Waals surface area contributed by atoms with Gasteiger partial charge in [-0.2, -0.15) is 0 Å². The zero-order valence-electron chi connectivity index (χ0n) is 9.32. The third-order valence-electron chi connectivity index (χ3n) is 2.93. The number of halogens is 2. The number of thiophene rings is 1. The molecule has 0 atom stereocenters. The SMILES string of the molecule is Cl.NC1CCC(NC(=O)c2sccc2Br)CC1. The lowest BCUT2D eigenvalue weighted by Gasteiger charge is -2.26. The summed E-state index contributed by atoms with van der Waals surface area (Å²) in [6.45, 7) is 0. The number of carbonyl (C=O) groups is 1. The van der Waals surface area contributed by atoms with Crippen LogP contribution in [0.2, 0.25) is 0 Å². The molecule has 3 nitrogen and oxygen atoms in total. The van der Waals surface area contributed by atoms with Crippen molar-refractivity contribution in [2.75, 3.05) is 0 Å². The van der Waals surface area contributed by atoms with Gasteiger partial charge in [-0.15, -0.1) is 23.7 Å². The lowest BCUT2D eigenvalue weighted by molar-refractivity contribution is 0.0929. The van der Waals surface area contributed by atoms with Crippen LogP contribution >= 0.6 is 39.7 Å². The second kappa shape index (κ2) is 6.73. The third kappa shape index (κ3) is 3.95. The molecule has 0 bridgehead atoms. The Labute approximate surface area is 120 Å². The molecule has 1 aliphatic rings. The molecular formula is C11H16BrClN2OS. The van der Waals surface area contributed by atoms with Gasteiger partial charge in [-0.25, -0.2) is 0 Å². The van der Waals surface area contributed by atoms with Crippen molar-refractivity contribution in [3.05, 3.63) is 20.8 Å². The lowest BCUT2D eigenvalue weighted by Crippen LogP contribution is -2.40. The fourth-order valence-corrected chi connectivity index (χ4v) is 3.42. The van der Waals surface area contributed by atoms with E-state index in [0.717, 1.165) is 35.0 Å². The van der Waals surface area contributed by atoms with Crippen LogP contribution in [0.25, 0.3) is 0 Å². The van der Waals surface area contributed by atoms with Crippen LogP contribution in [0.4, 0.5) is 0 Å². The van der Waals surface area contributed by atoms with Crippen LogP contribution in [0.15, 0.2) is 15.9 Å². The zero-order valence-corrected chi connectivity index (χ0v) is 12.5. The zero-order chi connectivity index (χ0) is 11.5. The summed E-state index contributed by atoms with van der Waals surface area (Å²) in [6, 6.07) is 2.51. The van der Waals surface area contributed by atoms with Gasteiger partial charge in [0.2, 0.25) is 0 Å². The first-order valence-corrected chi connectivity index (χ1v) is 7.13. The maximum atomic E-state index is 11.9. The largest absolute Gasteiger partial charge is 0.349 e. The summed E-state index contributed by atoms with van der Waals surface area (Å²) in [5.41, 5.74) is 5.83. The van der Waals surface area contributed by atoms with Gasteiger partial charge in [-0.1, -0.05) is 0 Å². The highest BCUT2D eigenvalue weighted by Crippen LogP contribution is 2.23. The maximum absolute atomic E-state index is 11.9. The van der Waals surface area contributed by atoms with Gasteiger partial charge in [0.1, 0.15) is 4.88 Å². The van der Waals surface area contributed by atoms with Crippen LogP contribution in [0, 0.1) is 0 Å². The molecular weight excluding hydrogens is 324 g/mol. The summed E-state index contributed by atoms with van der Waals surface area (Å²) < 4.78 is 0.877. The molecule has 0 radical (unpaired) electrons. The van der Waals surface area contributed by atoms with Gasteiger partial charge in [-0.3, -0.25) is 4.79 Å². The minimum atomic E-state index is 0. The highest BCUT2D eigenvalue weighted by Gasteiger charge is 2.21. The van der Waals surface area contributed by atoms with Gasteiger partial charge in [-0.05, 0) is 53.1 Å². The Morgan fingerprint density at radius 1 is 1.41 bits per heavy atom. The predicted octanol–water partition coefficient (Wildman–Crippen LogP) is 2.93. The average molecular weight is 340 g/mol. The Hall–Kier alpha value is -0.100. The molecule has 3 N–H and O–H groups in total. The first-order valence-electron chi connectivity index (χ1n) is 5.46. The van der Waals surface area contributed by atoms with Crippen molar-refractivity contribution in [2.24, 2.45) is 5.73 Å². The van der Waals surface area contributed by atoms with E-state index >= 15 is 0 Å². The number of nitrogens with two attached hydrogens (primary N) is 1. The van der Waals surface area contributed by atoms with Gasteiger partial charge in [0, 0.05) is 16.6 Å². The van der Waals surface area contributed by atoms with Gasteiger partial charge < -0.3 is 11.1 Å². The van der Waals surface area contributed by atoms with Crippen LogP contribution in [0.5, 0.6) is 0 Å². The van der Waals surface area contributed by atoms with E-state index in [1.165, 1.54) is 11.3 Å². The Balaban J connectivity index is 0.00000144. The van der Waals surface area contributed by atoms with E-state index in [2.05, 4.69) is 21.2 Å². The van der Waals surface area contributed by atoms with Crippen LogP contribution in [0.3, 0.4) is 0 Å². The van der Waals surface area contributed by atoms with Gasteiger partial charge in [0.15, 0.2) is 0 Å². The van der Waals surface area contributed by atoms with Crippen LogP contribution in [-0.2, 0) is 0 Å². The van der Waals surface area contributed by atoms with E-state index in [1.807, 2.05) is 11.4 Å². The summed E-state index contributed by atoms with van der Waals surface area (Å²) in [7, 11) is 0. The first kappa shape index (κ1) is 15.0. The Morgan fingerprint density at radius 3 is 2.59 bits per heavy atom. The van der Waals surface area contributed by atoms with Crippen molar-refractivity contribution in [2.45, 2.75) is 37.8 Å². The van der Waals surface area contributed by atoms with Crippen molar-refractivity contribution in [1.29, 1.82) is 0 Å². The third-order valence-corrected chi connectivity index (χ3v) is 4.77. The Morgan fingerprint density at radius 2 is 2.06 bits per heavy atom. The van der Waals surface area contributed by atoms with Crippen molar-refractivity contribution in [1.82, 2.24) is 5.32 Å². The Bertz CT molecular complexity index is 377. The molecule has 1 amide bonds. The molecule has 0 aromatic carbocycles. The molecule has 0 aliphatic heterocycles. The summed E-state index contributed by atoms with van der Waals surface area (Å²) in [5.74, 6) is 0.0300. The minimum absolute atomic E-state index is 0. The van der Waals surface area contributed by atoms with Gasteiger partial charge >= 0.3 is 0 Å². The highest BCUT2D eigenvalue weighted by atomic mass is 79.9.